The summed E-state index contributed by atoms with van der Waals surface area (Å²) < 4.78 is 5.51. The Balaban J connectivity index is 1.27. The predicted molar refractivity (Wildman–Crippen MR) is 116 cm³/mol. The smallest absolute Gasteiger partial charge is 0.313 e. The summed E-state index contributed by atoms with van der Waals surface area (Å²) in [6.45, 7) is 8.47. The Bertz CT molecular complexity index is 702. The lowest BCUT2D eigenvalue weighted by Crippen LogP contribution is -2.74. The van der Waals surface area contributed by atoms with Crippen LogP contribution in [-0.4, -0.2) is 24.0 Å². The molecule has 1 aromatic rings. The highest BCUT2D eigenvalue weighted by molar-refractivity contribution is 5.77. The highest BCUT2D eigenvalue weighted by Crippen LogP contribution is 2.69. The summed E-state index contributed by atoms with van der Waals surface area (Å²) in [7, 11) is 0. The molecule has 1 unspecified atom stereocenters. The molecule has 0 aliphatic heterocycles. The molecule has 0 aromatic heterocycles. The first-order valence-corrected chi connectivity index (χ1v) is 11.3. The van der Waals surface area contributed by atoms with E-state index in [1.54, 1.807) is 6.92 Å². The van der Waals surface area contributed by atoms with Gasteiger partial charge in [0.15, 0.2) is 0 Å². The minimum Gasteiger partial charge on any atom is -0.465 e. The normalized spacial score (nSPS) is 25.7. The molecule has 1 aromatic carbocycles. The Kier molecular flexibility index (Phi) is 6.70. The third-order valence-electron chi connectivity index (χ3n) is 6.65. The lowest BCUT2D eigenvalue weighted by molar-refractivity contribution is -0.168. The summed E-state index contributed by atoms with van der Waals surface area (Å²) >= 11 is 0. The highest BCUT2D eigenvalue weighted by Gasteiger charge is 2.67. The first-order chi connectivity index (χ1) is 13.7. The lowest BCUT2D eigenvalue weighted by Gasteiger charge is -2.71. The van der Waals surface area contributed by atoms with Crippen molar-refractivity contribution in [2.75, 3.05) is 6.61 Å². The van der Waals surface area contributed by atoms with Crippen LogP contribution < -0.4 is 5.32 Å². The predicted octanol–water partition coefficient (Wildman–Crippen LogP) is 5.15. The largest absolute Gasteiger partial charge is 0.465 e. The molecule has 4 heteroatoms. The number of hydrogen-bond acceptors (Lipinski definition) is 3. The highest BCUT2D eigenvalue weighted by atomic mass is 16.5. The third kappa shape index (κ3) is 5.40. The maximum absolute atomic E-state index is 12.3. The molecule has 160 valence electrons. The zero-order valence-corrected chi connectivity index (χ0v) is 18.6. The second-order valence-corrected chi connectivity index (χ2v) is 10.0. The summed E-state index contributed by atoms with van der Waals surface area (Å²) in [4.78, 5) is 23.5. The van der Waals surface area contributed by atoms with Crippen molar-refractivity contribution in [1.29, 1.82) is 0 Å². The van der Waals surface area contributed by atoms with Crippen LogP contribution in [0.15, 0.2) is 24.3 Å². The molecule has 4 rings (SSSR count). The molecule has 0 saturated heterocycles. The number of carbonyl (C=O) groups is 2. The van der Waals surface area contributed by atoms with Gasteiger partial charge in [-0.25, -0.2) is 0 Å². The van der Waals surface area contributed by atoms with E-state index < -0.39 is 0 Å². The number of hydrogen-bond donors (Lipinski definition) is 1. The van der Waals surface area contributed by atoms with Gasteiger partial charge in [-0.2, -0.15) is 0 Å². The van der Waals surface area contributed by atoms with Crippen LogP contribution in [-0.2, 0) is 20.7 Å². The average molecular weight is 400 g/mol. The lowest BCUT2D eigenvalue weighted by atomic mass is 9.38. The number of nitrogens with one attached hydrogen (secondary N) is 1. The van der Waals surface area contributed by atoms with Gasteiger partial charge in [-0.15, -0.1) is 0 Å². The standard InChI is InChI=1S/C25H37NO3/c1-18(2)14-21-8-10-22(11-9-21)19(3)23(28)29-13-7-5-6-12-24-15-25(16-24,17-24)26-20(4)27/h8-11,18-19H,5-7,12-17H2,1-4H3,(H,26,27). The number of amides is 1. The average Bonchev–Trinajstić information content (AvgIpc) is 2.60. The Morgan fingerprint density at radius 2 is 1.69 bits per heavy atom. The van der Waals surface area contributed by atoms with Crippen molar-refractivity contribution in [3.8, 4) is 0 Å². The third-order valence-corrected chi connectivity index (χ3v) is 6.65. The number of ether oxygens (including phenoxy) is 1. The summed E-state index contributed by atoms with van der Waals surface area (Å²) in [5, 5.41) is 3.11. The molecule has 0 heterocycles. The van der Waals surface area contributed by atoms with E-state index in [0.29, 0.717) is 17.9 Å². The molecule has 0 spiro atoms. The van der Waals surface area contributed by atoms with Gasteiger partial charge in [-0.05, 0) is 67.9 Å². The van der Waals surface area contributed by atoms with Gasteiger partial charge in [-0.3, -0.25) is 9.59 Å². The Labute approximate surface area is 175 Å². The molecule has 3 saturated carbocycles. The van der Waals surface area contributed by atoms with Crippen molar-refractivity contribution in [2.24, 2.45) is 11.3 Å². The minimum atomic E-state index is -0.214. The van der Waals surface area contributed by atoms with Gasteiger partial charge in [-0.1, -0.05) is 51.0 Å². The molecule has 0 radical (unpaired) electrons. The monoisotopic (exact) mass is 399 g/mol. The zero-order valence-electron chi connectivity index (χ0n) is 18.6. The molecule has 2 bridgehead atoms. The molecule has 1 amide bonds. The van der Waals surface area contributed by atoms with Gasteiger partial charge in [0.25, 0.3) is 0 Å². The van der Waals surface area contributed by atoms with Crippen LogP contribution in [0.5, 0.6) is 0 Å². The molecule has 1 atom stereocenters. The molecule has 3 aliphatic rings. The van der Waals surface area contributed by atoms with E-state index in [1.165, 1.54) is 18.4 Å². The fraction of sp³-hybridized carbons (Fsp3) is 0.680. The van der Waals surface area contributed by atoms with Crippen LogP contribution in [0.3, 0.4) is 0 Å². The molecule has 3 fully saturated rings. The number of rotatable bonds is 11. The molecular weight excluding hydrogens is 362 g/mol. The molecular formula is C25H37NO3. The van der Waals surface area contributed by atoms with E-state index in [-0.39, 0.29) is 23.3 Å². The number of carbonyl (C=O) groups excluding carboxylic acids is 2. The van der Waals surface area contributed by atoms with E-state index in [1.807, 2.05) is 6.92 Å². The van der Waals surface area contributed by atoms with Crippen LogP contribution in [0.25, 0.3) is 0 Å². The molecule has 29 heavy (non-hydrogen) atoms. The Morgan fingerprint density at radius 1 is 1.03 bits per heavy atom. The second-order valence-electron chi connectivity index (χ2n) is 10.0. The number of esters is 1. The first-order valence-electron chi connectivity index (χ1n) is 11.3. The maximum Gasteiger partial charge on any atom is 0.313 e. The van der Waals surface area contributed by atoms with Gasteiger partial charge < -0.3 is 10.1 Å². The maximum atomic E-state index is 12.3. The fourth-order valence-corrected chi connectivity index (χ4v) is 5.40. The summed E-state index contributed by atoms with van der Waals surface area (Å²) in [5.41, 5.74) is 2.98. The first kappa shape index (κ1) is 21.9. The topological polar surface area (TPSA) is 55.4 Å². The summed E-state index contributed by atoms with van der Waals surface area (Å²) in [6, 6.07) is 8.36. The molecule has 1 N–H and O–H groups in total. The van der Waals surface area contributed by atoms with Crippen LogP contribution in [0.1, 0.15) is 89.7 Å². The van der Waals surface area contributed by atoms with Crippen molar-refractivity contribution in [1.82, 2.24) is 5.32 Å². The fourth-order valence-electron chi connectivity index (χ4n) is 5.40. The SMILES string of the molecule is CC(=O)NC12CC(CCCCCOC(=O)C(C)c3ccc(CC(C)C)cc3)(C1)C2. The summed E-state index contributed by atoms with van der Waals surface area (Å²) in [6.07, 6.45) is 8.97. The Morgan fingerprint density at radius 3 is 2.28 bits per heavy atom. The summed E-state index contributed by atoms with van der Waals surface area (Å²) in [5.74, 6) is 0.393. The molecule has 3 aliphatic carbocycles. The second kappa shape index (κ2) is 8.89. The number of benzene rings is 1. The van der Waals surface area contributed by atoms with Gasteiger partial charge >= 0.3 is 5.97 Å². The quantitative estimate of drug-likeness (QED) is 0.413. The van der Waals surface area contributed by atoms with Crippen molar-refractivity contribution in [3.63, 3.8) is 0 Å². The van der Waals surface area contributed by atoms with Crippen molar-refractivity contribution < 1.29 is 14.3 Å². The van der Waals surface area contributed by atoms with Gasteiger partial charge in [0.2, 0.25) is 5.91 Å². The molecule has 4 nitrogen and oxygen atoms in total. The van der Waals surface area contributed by atoms with E-state index in [2.05, 4.69) is 43.4 Å². The van der Waals surface area contributed by atoms with Crippen LogP contribution in [0.2, 0.25) is 0 Å². The van der Waals surface area contributed by atoms with Gasteiger partial charge in [0.1, 0.15) is 0 Å². The van der Waals surface area contributed by atoms with Gasteiger partial charge in [0, 0.05) is 12.5 Å². The van der Waals surface area contributed by atoms with E-state index in [0.717, 1.165) is 44.1 Å². The van der Waals surface area contributed by atoms with Gasteiger partial charge in [0.05, 0.1) is 12.5 Å². The zero-order chi connectivity index (χ0) is 21.1. The van der Waals surface area contributed by atoms with E-state index >= 15 is 0 Å². The van der Waals surface area contributed by atoms with Crippen LogP contribution in [0, 0.1) is 11.3 Å². The van der Waals surface area contributed by atoms with E-state index in [9.17, 15) is 9.59 Å². The van der Waals surface area contributed by atoms with Crippen molar-refractivity contribution in [2.45, 2.75) is 90.5 Å². The Hall–Kier alpha value is -1.84. The van der Waals surface area contributed by atoms with Crippen molar-refractivity contribution >= 4 is 11.9 Å². The number of unbranched alkanes of at least 4 members (excludes halogenated alkanes) is 2. The van der Waals surface area contributed by atoms with Crippen LogP contribution in [0.4, 0.5) is 0 Å². The van der Waals surface area contributed by atoms with E-state index in [4.69, 9.17) is 4.74 Å². The minimum absolute atomic E-state index is 0.0980. The van der Waals surface area contributed by atoms with Crippen LogP contribution >= 0.6 is 0 Å². The van der Waals surface area contributed by atoms with Crippen molar-refractivity contribution in [3.05, 3.63) is 35.4 Å².